The second-order valence-electron chi connectivity index (χ2n) is 8.07. The van der Waals surface area contributed by atoms with Crippen molar-refractivity contribution < 1.29 is 14.3 Å². The van der Waals surface area contributed by atoms with Crippen molar-refractivity contribution in [3.8, 4) is 5.75 Å². The molecule has 3 aromatic carbocycles. The van der Waals surface area contributed by atoms with E-state index < -0.39 is 11.6 Å². The van der Waals surface area contributed by atoms with Crippen molar-refractivity contribution in [1.29, 1.82) is 0 Å². The van der Waals surface area contributed by atoms with E-state index in [0.29, 0.717) is 27.9 Å². The van der Waals surface area contributed by atoms with Gasteiger partial charge in [-0.3, -0.25) is 4.79 Å². The molecule has 170 valence electrons. The summed E-state index contributed by atoms with van der Waals surface area (Å²) in [5.41, 5.74) is 1.01. The summed E-state index contributed by atoms with van der Waals surface area (Å²) < 4.78 is 6.27. The Balaban J connectivity index is 1.77. The Morgan fingerprint density at radius 2 is 1.61 bits per heavy atom. The molecule has 1 saturated heterocycles. The highest BCUT2D eigenvalue weighted by Crippen LogP contribution is 2.38. The normalized spacial score (nSPS) is 18.2. The van der Waals surface area contributed by atoms with Crippen LogP contribution in [-0.2, 0) is 17.8 Å². The van der Waals surface area contributed by atoms with Crippen molar-refractivity contribution in [2.24, 2.45) is 0 Å². The zero-order valence-electron chi connectivity index (χ0n) is 18.0. The number of carbonyl (C=O) groups excluding carboxylic acids is 2. The lowest BCUT2D eigenvalue weighted by Gasteiger charge is -2.32. The molecule has 0 aromatic heterocycles. The van der Waals surface area contributed by atoms with E-state index in [4.69, 9.17) is 27.9 Å². The van der Waals surface area contributed by atoms with Gasteiger partial charge in [0.25, 0.3) is 5.91 Å². The Bertz CT molecular complexity index is 1200. The molecular weight excluding hydrogens is 527 g/mol. The lowest BCUT2D eigenvalue weighted by Crippen LogP contribution is -2.48. The highest BCUT2D eigenvalue weighted by Gasteiger charge is 2.54. The number of rotatable bonds is 6. The SMILES string of the molecule is COc1cccc(CN2C(=O)N(c3cc(Cl)cc(Cl)c3)C(=O)[C@@]2(C)Cc2ccc(Br)cc2)c1. The topological polar surface area (TPSA) is 49.9 Å². The first kappa shape index (κ1) is 23.6. The lowest BCUT2D eigenvalue weighted by atomic mass is 9.90. The summed E-state index contributed by atoms with van der Waals surface area (Å²) in [4.78, 5) is 30.2. The van der Waals surface area contributed by atoms with E-state index in [2.05, 4.69) is 15.9 Å². The summed E-state index contributed by atoms with van der Waals surface area (Å²) in [5.74, 6) is 0.343. The van der Waals surface area contributed by atoms with Gasteiger partial charge in [-0.15, -0.1) is 0 Å². The van der Waals surface area contributed by atoms with Crippen LogP contribution in [0.4, 0.5) is 10.5 Å². The molecule has 0 spiro atoms. The molecule has 1 aliphatic heterocycles. The molecule has 0 bridgehead atoms. The number of ether oxygens (including phenoxy) is 1. The van der Waals surface area contributed by atoms with Gasteiger partial charge in [-0.25, -0.2) is 9.69 Å². The molecule has 4 rings (SSSR count). The molecule has 1 aliphatic rings. The fourth-order valence-electron chi connectivity index (χ4n) is 4.04. The minimum absolute atomic E-state index is 0.236. The van der Waals surface area contributed by atoms with E-state index in [1.165, 1.54) is 0 Å². The molecule has 3 aromatic rings. The first-order chi connectivity index (χ1) is 15.7. The Kier molecular flexibility index (Phi) is 6.71. The molecule has 8 heteroatoms. The molecule has 0 aliphatic carbocycles. The van der Waals surface area contributed by atoms with E-state index in [9.17, 15) is 9.59 Å². The standard InChI is InChI=1S/C25H21BrCl2N2O3/c1-25(14-16-6-8-18(26)9-7-16)23(31)30(21-12-19(27)11-20(28)13-21)24(32)29(25)15-17-4-3-5-22(10-17)33-2/h3-13H,14-15H2,1-2H3/t25-/m1/s1. The van der Waals surface area contributed by atoms with Crippen LogP contribution in [0.1, 0.15) is 18.1 Å². The zero-order chi connectivity index (χ0) is 23.8. The van der Waals surface area contributed by atoms with Crippen molar-refractivity contribution >= 4 is 56.8 Å². The molecule has 33 heavy (non-hydrogen) atoms. The highest BCUT2D eigenvalue weighted by molar-refractivity contribution is 9.10. The van der Waals surface area contributed by atoms with E-state index in [0.717, 1.165) is 20.5 Å². The fourth-order valence-corrected chi connectivity index (χ4v) is 4.82. The molecule has 1 heterocycles. The van der Waals surface area contributed by atoms with Crippen LogP contribution >= 0.6 is 39.1 Å². The molecule has 0 unspecified atom stereocenters. The van der Waals surface area contributed by atoms with Gasteiger partial charge in [-0.2, -0.15) is 0 Å². The van der Waals surface area contributed by atoms with Gasteiger partial charge in [0, 0.05) is 27.5 Å². The van der Waals surface area contributed by atoms with E-state index in [-0.39, 0.29) is 12.5 Å². The highest BCUT2D eigenvalue weighted by atomic mass is 79.9. The Labute approximate surface area is 211 Å². The predicted molar refractivity (Wildman–Crippen MR) is 134 cm³/mol. The molecule has 0 N–H and O–H groups in total. The third kappa shape index (κ3) is 4.74. The van der Waals surface area contributed by atoms with Crippen LogP contribution in [0.5, 0.6) is 5.75 Å². The molecule has 5 nitrogen and oxygen atoms in total. The van der Waals surface area contributed by atoms with Crippen LogP contribution in [0.3, 0.4) is 0 Å². The number of urea groups is 1. The number of hydrogen-bond donors (Lipinski definition) is 0. The number of hydrogen-bond acceptors (Lipinski definition) is 3. The second-order valence-corrected chi connectivity index (χ2v) is 9.85. The number of nitrogens with zero attached hydrogens (tertiary/aromatic N) is 2. The molecule has 0 saturated carbocycles. The van der Waals surface area contributed by atoms with Crippen LogP contribution in [0.25, 0.3) is 0 Å². The lowest BCUT2D eigenvalue weighted by molar-refractivity contribution is -0.124. The van der Waals surface area contributed by atoms with Gasteiger partial charge in [0.2, 0.25) is 0 Å². The number of anilines is 1. The van der Waals surface area contributed by atoms with Gasteiger partial charge in [-0.05, 0) is 60.5 Å². The summed E-state index contributed by atoms with van der Waals surface area (Å²) in [6, 6.07) is 19.4. The van der Waals surface area contributed by atoms with Crippen molar-refractivity contribution in [2.75, 3.05) is 12.0 Å². The van der Waals surface area contributed by atoms with E-state index in [1.54, 1.807) is 37.1 Å². The van der Waals surface area contributed by atoms with Crippen molar-refractivity contribution in [3.63, 3.8) is 0 Å². The maximum atomic E-state index is 13.8. The van der Waals surface area contributed by atoms with Crippen molar-refractivity contribution in [1.82, 2.24) is 4.90 Å². The number of methoxy groups -OCH3 is 1. The summed E-state index contributed by atoms with van der Waals surface area (Å²) in [6.45, 7) is 2.03. The van der Waals surface area contributed by atoms with E-state index in [1.807, 2.05) is 48.5 Å². The number of carbonyl (C=O) groups is 2. The summed E-state index contributed by atoms with van der Waals surface area (Å²) in [5, 5.41) is 0.693. The second kappa shape index (κ2) is 9.37. The Morgan fingerprint density at radius 1 is 0.939 bits per heavy atom. The maximum Gasteiger partial charge on any atom is 0.332 e. The zero-order valence-corrected chi connectivity index (χ0v) is 21.1. The minimum Gasteiger partial charge on any atom is -0.497 e. The quantitative estimate of drug-likeness (QED) is 0.321. The van der Waals surface area contributed by atoms with Crippen LogP contribution in [0, 0.1) is 0 Å². The number of halogens is 3. The van der Waals surface area contributed by atoms with Gasteiger partial charge >= 0.3 is 6.03 Å². The summed E-state index contributed by atoms with van der Waals surface area (Å²) in [7, 11) is 1.59. The molecule has 3 amide bonds. The Hall–Kier alpha value is -2.54. The molecule has 0 radical (unpaired) electrons. The van der Waals surface area contributed by atoms with Crippen LogP contribution in [-0.4, -0.2) is 29.5 Å². The average Bonchev–Trinajstić information content (AvgIpc) is 2.95. The number of amides is 3. The van der Waals surface area contributed by atoms with Gasteiger partial charge in [-0.1, -0.05) is 63.4 Å². The minimum atomic E-state index is -1.12. The van der Waals surface area contributed by atoms with Gasteiger partial charge in [0.15, 0.2) is 0 Å². The average molecular weight is 548 g/mol. The maximum absolute atomic E-state index is 13.8. The fraction of sp³-hybridized carbons (Fsp3) is 0.200. The van der Waals surface area contributed by atoms with E-state index >= 15 is 0 Å². The smallest absolute Gasteiger partial charge is 0.332 e. The summed E-state index contributed by atoms with van der Waals surface area (Å²) >= 11 is 15.8. The van der Waals surface area contributed by atoms with Gasteiger partial charge < -0.3 is 9.64 Å². The Morgan fingerprint density at radius 3 is 2.24 bits per heavy atom. The first-order valence-corrected chi connectivity index (χ1v) is 11.8. The molecule has 1 atom stereocenters. The third-order valence-corrected chi connectivity index (χ3v) is 6.69. The largest absolute Gasteiger partial charge is 0.497 e. The molecule has 1 fully saturated rings. The van der Waals surface area contributed by atoms with Crippen molar-refractivity contribution in [2.45, 2.75) is 25.4 Å². The first-order valence-electron chi connectivity index (χ1n) is 10.2. The van der Waals surface area contributed by atoms with Crippen LogP contribution in [0.15, 0.2) is 71.2 Å². The third-order valence-electron chi connectivity index (χ3n) is 5.72. The predicted octanol–water partition coefficient (Wildman–Crippen LogP) is 6.73. The van der Waals surface area contributed by atoms with Crippen LogP contribution < -0.4 is 9.64 Å². The monoisotopic (exact) mass is 546 g/mol. The summed E-state index contributed by atoms with van der Waals surface area (Å²) in [6.07, 6.45) is 0.347. The van der Waals surface area contributed by atoms with Crippen molar-refractivity contribution in [3.05, 3.63) is 92.4 Å². The number of benzene rings is 3. The van der Waals surface area contributed by atoms with Crippen LogP contribution in [0.2, 0.25) is 10.0 Å². The van der Waals surface area contributed by atoms with Gasteiger partial charge in [0.1, 0.15) is 11.3 Å². The number of imide groups is 1. The molecular formula is C25H21BrCl2N2O3. The van der Waals surface area contributed by atoms with Gasteiger partial charge in [0.05, 0.1) is 12.8 Å².